The molecule has 25 heavy (non-hydrogen) atoms. The van der Waals surface area contributed by atoms with Gasteiger partial charge in [0.1, 0.15) is 0 Å². The van der Waals surface area contributed by atoms with Gasteiger partial charge in [-0.15, -0.1) is 0 Å². The van der Waals surface area contributed by atoms with Crippen molar-refractivity contribution < 1.29 is 19.5 Å². The Balaban J connectivity index is 2.04. The average Bonchev–Trinajstić information content (AvgIpc) is 2.54. The third kappa shape index (κ3) is 5.43. The van der Waals surface area contributed by atoms with Crippen LogP contribution in [0.2, 0.25) is 0 Å². The van der Waals surface area contributed by atoms with Crippen molar-refractivity contribution in [1.82, 2.24) is 4.90 Å². The molecule has 0 saturated heterocycles. The molecule has 0 spiro atoms. The Labute approximate surface area is 145 Å². The maximum Gasteiger partial charge on any atom is 0.335 e. The van der Waals surface area contributed by atoms with Crippen LogP contribution >= 0.6 is 0 Å². The van der Waals surface area contributed by atoms with Gasteiger partial charge in [0.2, 0.25) is 5.91 Å². The van der Waals surface area contributed by atoms with Crippen LogP contribution in [-0.4, -0.2) is 48.4 Å². The maximum absolute atomic E-state index is 12.2. The summed E-state index contributed by atoms with van der Waals surface area (Å²) in [5, 5.41) is 14.3. The highest BCUT2D eigenvalue weighted by molar-refractivity contribution is 6.05. The van der Waals surface area contributed by atoms with E-state index in [9.17, 15) is 14.4 Å². The molecule has 0 saturated carbocycles. The summed E-state index contributed by atoms with van der Waals surface area (Å²) in [4.78, 5) is 36.6. The van der Waals surface area contributed by atoms with Gasteiger partial charge in [-0.3, -0.25) is 9.59 Å². The van der Waals surface area contributed by atoms with E-state index < -0.39 is 5.97 Å². The highest BCUT2D eigenvalue weighted by atomic mass is 16.4. The molecule has 2 aromatic carbocycles. The van der Waals surface area contributed by atoms with Crippen molar-refractivity contribution in [2.75, 3.05) is 31.3 Å². The summed E-state index contributed by atoms with van der Waals surface area (Å²) in [6.45, 7) is 0.256. The molecule has 0 bridgehead atoms. The molecular weight excluding hydrogens is 322 g/mol. The lowest BCUT2D eigenvalue weighted by atomic mass is 10.1. The number of carbonyl (C=O) groups is 3. The zero-order valence-corrected chi connectivity index (χ0v) is 13.9. The van der Waals surface area contributed by atoms with E-state index in [0.29, 0.717) is 16.9 Å². The number of likely N-dealkylation sites (N-methyl/N-ethyl adjacent to an activating group) is 1. The van der Waals surface area contributed by atoms with Crippen LogP contribution in [0.15, 0.2) is 48.5 Å². The van der Waals surface area contributed by atoms with Crippen molar-refractivity contribution in [2.45, 2.75) is 0 Å². The van der Waals surface area contributed by atoms with Gasteiger partial charge in [0, 0.05) is 16.9 Å². The van der Waals surface area contributed by atoms with E-state index in [2.05, 4.69) is 10.6 Å². The first-order valence-corrected chi connectivity index (χ1v) is 7.54. The van der Waals surface area contributed by atoms with E-state index in [-0.39, 0.29) is 23.9 Å². The molecule has 0 heterocycles. The number of carbonyl (C=O) groups excluding carboxylic acids is 2. The number of carboxylic acids is 1. The topological polar surface area (TPSA) is 98.7 Å². The largest absolute Gasteiger partial charge is 0.478 e. The summed E-state index contributed by atoms with van der Waals surface area (Å²) in [5.41, 5.74) is 1.55. The molecule has 0 aromatic heterocycles. The van der Waals surface area contributed by atoms with E-state index >= 15 is 0 Å². The van der Waals surface area contributed by atoms with E-state index in [1.54, 1.807) is 43.3 Å². The van der Waals surface area contributed by atoms with Crippen LogP contribution in [0.4, 0.5) is 11.4 Å². The van der Waals surface area contributed by atoms with Crippen LogP contribution in [0.1, 0.15) is 20.7 Å². The first-order chi connectivity index (χ1) is 11.8. The molecule has 7 heteroatoms. The standard InChI is InChI=1S/C18H19N3O4/c1-21(2)11-16(22)19-14-4-3-5-15(10-14)20-17(23)12-6-8-13(9-7-12)18(24)25/h3-10H,11H2,1-2H3,(H,19,22)(H,20,23)(H,24,25). The van der Waals surface area contributed by atoms with Gasteiger partial charge in [0.15, 0.2) is 0 Å². The van der Waals surface area contributed by atoms with Crippen molar-refractivity contribution >= 4 is 29.2 Å². The third-order valence-electron chi connectivity index (χ3n) is 3.26. The quantitative estimate of drug-likeness (QED) is 0.748. The minimum atomic E-state index is -1.05. The molecule has 0 unspecified atom stereocenters. The van der Waals surface area contributed by atoms with Gasteiger partial charge in [0.05, 0.1) is 12.1 Å². The Kier molecular flexibility index (Phi) is 5.86. The fourth-order valence-electron chi connectivity index (χ4n) is 2.13. The van der Waals surface area contributed by atoms with E-state index in [4.69, 9.17) is 5.11 Å². The molecule has 0 radical (unpaired) electrons. The summed E-state index contributed by atoms with van der Waals surface area (Å²) in [6.07, 6.45) is 0. The Morgan fingerprint density at radius 2 is 1.48 bits per heavy atom. The number of hydrogen-bond acceptors (Lipinski definition) is 4. The van der Waals surface area contributed by atoms with Crippen LogP contribution < -0.4 is 10.6 Å². The van der Waals surface area contributed by atoms with E-state index in [0.717, 1.165) is 0 Å². The van der Waals surface area contributed by atoms with Crippen LogP contribution in [0.3, 0.4) is 0 Å². The molecule has 2 amide bonds. The number of hydrogen-bond donors (Lipinski definition) is 3. The second-order valence-electron chi connectivity index (χ2n) is 5.70. The van der Waals surface area contributed by atoms with Crippen LogP contribution in [0.25, 0.3) is 0 Å². The highest BCUT2D eigenvalue weighted by Crippen LogP contribution is 2.16. The Morgan fingerprint density at radius 1 is 0.920 bits per heavy atom. The summed E-state index contributed by atoms with van der Waals surface area (Å²) in [5.74, 6) is -1.57. The number of anilines is 2. The highest BCUT2D eigenvalue weighted by Gasteiger charge is 2.09. The molecule has 2 rings (SSSR count). The smallest absolute Gasteiger partial charge is 0.335 e. The molecular formula is C18H19N3O4. The van der Waals surface area contributed by atoms with Gasteiger partial charge in [-0.2, -0.15) is 0 Å². The Morgan fingerprint density at radius 3 is 2.04 bits per heavy atom. The molecule has 0 aliphatic rings. The third-order valence-corrected chi connectivity index (χ3v) is 3.26. The van der Waals surface area contributed by atoms with Gasteiger partial charge in [0.25, 0.3) is 5.91 Å². The number of rotatable bonds is 6. The lowest BCUT2D eigenvalue weighted by Gasteiger charge is -2.11. The monoisotopic (exact) mass is 341 g/mol. The van der Waals surface area contributed by atoms with E-state index in [1.165, 1.54) is 24.3 Å². The van der Waals surface area contributed by atoms with Gasteiger partial charge in [-0.25, -0.2) is 4.79 Å². The molecule has 0 aliphatic carbocycles. The first kappa shape index (κ1) is 18.2. The van der Waals surface area contributed by atoms with Crippen LogP contribution in [0.5, 0.6) is 0 Å². The average molecular weight is 341 g/mol. The fourth-order valence-corrected chi connectivity index (χ4v) is 2.13. The first-order valence-electron chi connectivity index (χ1n) is 7.54. The summed E-state index contributed by atoms with van der Waals surface area (Å²) in [6, 6.07) is 12.4. The summed E-state index contributed by atoms with van der Waals surface area (Å²) >= 11 is 0. The number of benzene rings is 2. The molecule has 2 aromatic rings. The zero-order valence-electron chi connectivity index (χ0n) is 13.9. The normalized spacial score (nSPS) is 10.4. The summed E-state index contributed by atoms with van der Waals surface area (Å²) < 4.78 is 0. The number of aromatic carboxylic acids is 1. The van der Waals surface area contributed by atoms with E-state index in [1.807, 2.05) is 0 Å². The minimum Gasteiger partial charge on any atom is -0.478 e. The van der Waals surface area contributed by atoms with Crippen molar-refractivity contribution in [3.05, 3.63) is 59.7 Å². The molecule has 7 nitrogen and oxygen atoms in total. The lowest BCUT2D eigenvalue weighted by Crippen LogP contribution is -2.27. The van der Waals surface area contributed by atoms with Crippen molar-refractivity contribution in [2.24, 2.45) is 0 Å². The second kappa shape index (κ2) is 8.07. The molecule has 0 atom stereocenters. The molecule has 3 N–H and O–H groups in total. The second-order valence-corrected chi connectivity index (χ2v) is 5.70. The van der Waals surface area contributed by atoms with Gasteiger partial charge in [-0.1, -0.05) is 6.07 Å². The van der Waals surface area contributed by atoms with Crippen molar-refractivity contribution in [1.29, 1.82) is 0 Å². The van der Waals surface area contributed by atoms with Crippen LogP contribution in [0, 0.1) is 0 Å². The predicted molar refractivity (Wildman–Crippen MR) is 95.0 cm³/mol. The lowest BCUT2D eigenvalue weighted by molar-refractivity contribution is -0.116. The Bertz CT molecular complexity index is 785. The number of nitrogens with one attached hydrogen (secondary N) is 2. The SMILES string of the molecule is CN(C)CC(=O)Nc1cccc(NC(=O)c2ccc(C(=O)O)cc2)c1. The van der Waals surface area contributed by atoms with Crippen molar-refractivity contribution in [3.63, 3.8) is 0 Å². The Hall–Kier alpha value is -3.19. The van der Waals surface area contributed by atoms with Crippen LogP contribution in [-0.2, 0) is 4.79 Å². The molecule has 130 valence electrons. The van der Waals surface area contributed by atoms with Gasteiger partial charge < -0.3 is 20.6 Å². The maximum atomic E-state index is 12.2. The fraction of sp³-hybridized carbons (Fsp3) is 0.167. The number of carboxylic acid groups (broad SMARTS) is 1. The minimum absolute atomic E-state index is 0.113. The predicted octanol–water partition coefficient (Wildman–Crippen LogP) is 2.14. The zero-order chi connectivity index (χ0) is 18.4. The number of amides is 2. The van der Waals surface area contributed by atoms with Gasteiger partial charge >= 0.3 is 5.97 Å². The number of nitrogens with zero attached hydrogens (tertiary/aromatic N) is 1. The summed E-state index contributed by atoms with van der Waals surface area (Å²) in [7, 11) is 3.59. The molecule has 0 fully saturated rings. The van der Waals surface area contributed by atoms with Gasteiger partial charge in [-0.05, 0) is 56.6 Å². The molecule has 0 aliphatic heterocycles. The van der Waals surface area contributed by atoms with Crippen molar-refractivity contribution in [3.8, 4) is 0 Å².